The van der Waals surface area contributed by atoms with E-state index in [1.54, 1.807) is 11.0 Å². The molecule has 1 aromatic heterocycles. The molecule has 1 saturated carbocycles. The first-order chi connectivity index (χ1) is 11.7. The normalized spacial score (nSPS) is 18.6. The summed E-state index contributed by atoms with van der Waals surface area (Å²) >= 11 is 0. The fraction of sp³-hybridized carbons (Fsp3) is 0.812. The number of carbonyl (C=O) groups excluding carboxylic acids is 2. The zero-order valence-electron chi connectivity index (χ0n) is 14.1. The van der Waals surface area contributed by atoms with Gasteiger partial charge in [-0.15, -0.1) is 5.10 Å². The molecular formula is C16H26N6O2. The first kappa shape index (κ1) is 16.9. The lowest BCUT2D eigenvalue weighted by molar-refractivity contribution is -0.133. The fourth-order valence-corrected chi connectivity index (χ4v) is 3.15. The van der Waals surface area contributed by atoms with Crippen molar-refractivity contribution in [2.75, 3.05) is 13.1 Å². The number of rotatable bonds is 8. The van der Waals surface area contributed by atoms with Gasteiger partial charge in [-0.05, 0) is 49.0 Å². The minimum atomic E-state index is 0.129. The Hall–Kier alpha value is -1.99. The number of hydrogen-bond acceptors (Lipinski definition) is 5. The fourth-order valence-electron chi connectivity index (χ4n) is 3.15. The number of hydrogen-bond donors (Lipinski definition) is 1. The Bertz CT molecular complexity index is 535. The number of unbranched alkanes of at least 4 members (excludes halogenated alkanes) is 2. The van der Waals surface area contributed by atoms with Crippen LogP contribution < -0.4 is 5.32 Å². The number of amides is 2. The quantitative estimate of drug-likeness (QED) is 0.708. The van der Waals surface area contributed by atoms with E-state index in [-0.39, 0.29) is 11.9 Å². The van der Waals surface area contributed by atoms with Crippen molar-refractivity contribution in [3.8, 4) is 0 Å². The second-order valence-corrected chi connectivity index (χ2v) is 6.82. The first-order valence-corrected chi connectivity index (χ1v) is 9.01. The highest BCUT2D eigenvalue weighted by molar-refractivity contribution is 5.81. The molecule has 1 N–H and O–H groups in total. The standard InChI is InChI=1S/C16H26N6O2/c23-15(4-2-1-3-9-22-12-17-19-20-22)18-14-7-10-21(11-8-14)16(24)13-5-6-13/h12-14H,1-11H2,(H,18,23). The average molecular weight is 334 g/mol. The summed E-state index contributed by atoms with van der Waals surface area (Å²) in [5.74, 6) is 0.746. The van der Waals surface area contributed by atoms with Crippen LogP contribution in [0.1, 0.15) is 51.4 Å². The monoisotopic (exact) mass is 334 g/mol. The molecule has 0 spiro atoms. The van der Waals surface area contributed by atoms with Crippen molar-refractivity contribution in [2.45, 2.75) is 64.0 Å². The zero-order valence-corrected chi connectivity index (χ0v) is 14.1. The topological polar surface area (TPSA) is 93.0 Å². The van der Waals surface area contributed by atoms with Crippen LogP contribution in [0, 0.1) is 5.92 Å². The van der Waals surface area contributed by atoms with E-state index in [4.69, 9.17) is 0 Å². The minimum Gasteiger partial charge on any atom is -0.353 e. The van der Waals surface area contributed by atoms with Gasteiger partial charge in [0.25, 0.3) is 0 Å². The van der Waals surface area contributed by atoms with Crippen molar-refractivity contribution < 1.29 is 9.59 Å². The average Bonchev–Trinajstić information content (AvgIpc) is 3.31. The van der Waals surface area contributed by atoms with E-state index >= 15 is 0 Å². The molecule has 24 heavy (non-hydrogen) atoms. The summed E-state index contributed by atoms with van der Waals surface area (Å²) in [7, 11) is 0. The molecule has 1 aliphatic heterocycles. The Morgan fingerprint density at radius 3 is 2.54 bits per heavy atom. The highest BCUT2D eigenvalue weighted by atomic mass is 16.2. The first-order valence-electron chi connectivity index (χ1n) is 9.01. The number of likely N-dealkylation sites (tertiary alicyclic amines) is 1. The molecule has 1 aliphatic carbocycles. The molecule has 2 aliphatic rings. The molecular weight excluding hydrogens is 308 g/mol. The van der Waals surface area contributed by atoms with Gasteiger partial charge in [-0.1, -0.05) is 6.42 Å². The van der Waals surface area contributed by atoms with Crippen molar-refractivity contribution in [3.63, 3.8) is 0 Å². The number of carbonyl (C=O) groups is 2. The Kier molecular flexibility index (Phi) is 5.77. The SMILES string of the molecule is O=C(CCCCCn1cnnn1)NC1CCN(C(=O)C2CC2)CC1. The third kappa shape index (κ3) is 5.01. The molecule has 1 saturated heterocycles. The molecule has 3 rings (SSSR count). The smallest absolute Gasteiger partial charge is 0.225 e. The Morgan fingerprint density at radius 1 is 1.08 bits per heavy atom. The summed E-state index contributed by atoms with van der Waals surface area (Å²) < 4.78 is 1.71. The maximum Gasteiger partial charge on any atom is 0.225 e. The van der Waals surface area contributed by atoms with Gasteiger partial charge >= 0.3 is 0 Å². The van der Waals surface area contributed by atoms with Crippen LogP contribution in [-0.2, 0) is 16.1 Å². The third-order valence-corrected chi connectivity index (χ3v) is 4.78. The molecule has 8 nitrogen and oxygen atoms in total. The Morgan fingerprint density at radius 2 is 1.88 bits per heavy atom. The summed E-state index contributed by atoms with van der Waals surface area (Å²) in [6, 6.07) is 0.224. The molecule has 0 aromatic carbocycles. The Labute approximate surface area is 142 Å². The summed E-state index contributed by atoms with van der Waals surface area (Å²) in [6.07, 6.45) is 8.89. The van der Waals surface area contributed by atoms with E-state index in [1.165, 1.54) is 0 Å². The molecule has 1 aromatic rings. The molecule has 0 atom stereocenters. The van der Waals surface area contributed by atoms with Crippen LogP contribution >= 0.6 is 0 Å². The van der Waals surface area contributed by atoms with E-state index in [9.17, 15) is 9.59 Å². The van der Waals surface area contributed by atoms with Crippen molar-refractivity contribution in [2.24, 2.45) is 5.92 Å². The van der Waals surface area contributed by atoms with E-state index in [0.717, 1.165) is 64.6 Å². The minimum absolute atomic E-state index is 0.129. The van der Waals surface area contributed by atoms with Crippen molar-refractivity contribution in [1.29, 1.82) is 0 Å². The molecule has 0 unspecified atom stereocenters. The number of aromatic nitrogens is 4. The van der Waals surface area contributed by atoms with Gasteiger partial charge in [0.2, 0.25) is 11.8 Å². The van der Waals surface area contributed by atoms with E-state index < -0.39 is 0 Å². The van der Waals surface area contributed by atoms with Gasteiger partial charge in [0.15, 0.2) is 0 Å². The third-order valence-electron chi connectivity index (χ3n) is 4.78. The summed E-state index contributed by atoms with van der Waals surface area (Å²) in [4.78, 5) is 26.0. The number of piperidine rings is 1. The highest BCUT2D eigenvalue weighted by Gasteiger charge is 2.34. The van der Waals surface area contributed by atoms with Crippen molar-refractivity contribution >= 4 is 11.8 Å². The van der Waals surface area contributed by atoms with Crippen LogP contribution in [0.25, 0.3) is 0 Å². The van der Waals surface area contributed by atoms with Gasteiger partial charge in [0.05, 0.1) is 0 Å². The highest BCUT2D eigenvalue weighted by Crippen LogP contribution is 2.31. The molecule has 0 radical (unpaired) electrons. The number of tetrazole rings is 1. The van der Waals surface area contributed by atoms with Gasteiger partial charge in [0.1, 0.15) is 6.33 Å². The molecule has 0 bridgehead atoms. The lowest BCUT2D eigenvalue weighted by Crippen LogP contribution is -2.46. The van der Waals surface area contributed by atoms with Crippen LogP contribution in [-0.4, -0.2) is 56.1 Å². The second kappa shape index (κ2) is 8.21. The lowest BCUT2D eigenvalue weighted by Gasteiger charge is -2.32. The summed E-state index contributed by atoms with van der Waals surface area (Å²) in [5.41, 5.74) is 0. The van der Waals surface area contributed by atoms with Crippen LogP contribution in [0.4, 0.5) is 0 Å². The maximum absolute atomic E-state index is 12.0. The van der Waals surface area contributed by atoms with Crippen LogP contribution in [0.3, 0.4) is 0 Å². The molecule has 2 amide bonds. The molecule has 2 fully saturated rings. The lowest BCUT2D eigenvalue weighted by atomic mass is 10.0. The maximum atomic E-state index is 12.0. The predicted molar refractivity (Wildman–Crippen MR) is 86.8 cm³/mol. The van der Waals surface area contributed by atoms with Gasteiger partial charge in [-0.25, -0.2) is 4.68 Å². The predicted octanol–water partition coefficient (Wildman–Crippen LogP) is 0.751. The summed E-state index contributed by atoms with van der Waals surface area (Å²) in [6.45, 7) is 2.36. The van der Waals surface area contributed by atoms with Crippen LogP contribution in [0.15, 0.2) is 6.33 Å². The molecule has 8 heteroatoms. The van der Waals surface area contributed by atoms with Gasteiger partial charge in [0, 0.05) is 38.0 Å². The van der Waals surface area contributed by atoms with Crippen LogP contribution in [0.5, 0.6) is 0 Å². The Balaban J connectivity index is 1.24. The van der Waals surface area contributed by atoms with Crippen molar-refractivity contribution in [3.05, 3.63) is 6.33 Å². The van der Waals surface area contributed by atoms with Crippen LogP contribution in [0.2, 0.25) is 0 Å². The number of aryl methyl sites for hydroxylation is 1. The van der Waals surface area contributed by atoms with E-state index in [1.807, 2.05) is 4.90 Å². The van der Waals surface area contributed by atoms with Gasteiger partial charge < -0.3 is 10.2 Å². The zero-order chi connectivity index (χ0) is 16.8. The van der Waals surface area contributed by atoms with Gasteiger partial charge in [-0.3, -0.25) is 9.59 Å². The second-order valence-electron chi connectivity index (χ2n) is 6.82. The molecule has 2 heterocycles. The molecule has 132 valence electrons. The summed E-state index contributed by atoms with van der Waals surface area (Å²) in [5, 5.41) is 14.1. The van der Waals surface area contributed by atoms with Crippen molar-refractivity contribution in [1.82, 2.24) is 30.4 Å². The number of nitrogens with zero attached hydrogens (tertiary/aromatic N) is 5. The van der Waals surface area contributed by atoms with E-state index in [0.29, 0.717) is 18.2 Å². The van der Waals surface area contributed by atoms with Gasteiger partial charge in [-0.2, -0.15) is 0 Å². The van der Waals surface area contributed by atoms with E-state index in [2.05, 4.69) is 20.8 Å². The number of nitrogens with one attached hydrogen (secondary N) is 1. The largest absolute Gasteiger partial charge is 0.353 e.